The van der Waals surface area contributed by atoms with Crippen molar-refractivity contribution in [3.05, 3.63) is 48.0 Å². The molecule has 0 aliphatic rings. The van der Waals surface area contributed by atoms with Gasteiger partial charge >= 0.3 is 5.97 Å². The summed E-state index contributed by atoms with van der Waals surface area (Å²) in [7, 11) is 0. The van der Waals surface area contributed by atoms with Gasteiger partial charge in [0.2, 0.25) is 0 Å². The van der Waals surface area contributed by atoms with Crippen molar-refractivity contribution >= 4 is 12.2 Å². The molecule has 1 rings (SSSR count). The molecule has 0 aliphatic heterocycles. The molecular weight excluding hydrogens is 202 g/mol. The van der Waals surface area contributed by atoms with E-state index in [2.05, 4.69) is 11.6 Å². The maximum absolute atomic E-state index is 11.2. The van der Waals surface area contributed by atoms with Gasteiger partial charge in [-0.25, -0.2) is 4.79 Å². The molecule has 0 heterocycles. The predicted octanol–water partition coefficient (Wildman–Crippen LogP) is 2.57. The van der Waals surface area contributed by atoms with Crippen molar-refractivity contribution in [1.29, 1.82) is 0 Å². The van der Waals surface area contributed by atoms with Crippen LogP contribution in [0.15, 0.2) is 47.5 Å². The zero-order valence-electron chi connectivity index (χ0n) is 9.51. The molecule has 0 saturated heterocycles. The number of esters is 1. The summed E-state index contributed by atoms with van der Waals surface area (Å²) in [5.41, 5.74) is 1.35. The van der Waals surface area contributed by atoms with Crippen molar-refractivity contribution < 1.29 is 9.53 Å². The van der Waals surface area contributed by atoms with Crippen LogP contribution in [0.3, 0.4) is 0 Å². The van der Waals surface area contributed by atoms with Gasteiger partial charge < -0.3 is 4.74 Å². The Bertz CT molecular complexity index is 396. The molecule has 1 aromatic rings. The lowest BCUT2D eigenvalue weighted by Gasteiger charge is -2.07. The predicted molar refractivity (Wildman–Crippen MR) is 64.4 cm³/mol. The van der Waals surface area contributed by atoms with E-state index in [-0.39, 0.29) is 0 Å². The van der Waals surface area contributed by atoms with Crippen LogP contribution in [0.25, 0.3) is 0 Å². The lowest BCUT2D eigenvalue weighted by molar-refractivity contribution is -0.142. The Balaban J connectivity index is 2.52. The SMILES string of the molecule is C=C(C)C(=O)OC(C)/N=C/c1ccccc1. The second kappa shape index (κ2) is 5.85. The van der Waals surface area contributed by atoms with Crippen LogP contribution in [0.1, 0.15) is 19.4 Å². The monoisotopic (exact) mass is 217 g/mol. The molecule has 1 aromatic carbocycles. The molecule has 0 saturated carbocycles. The minimum atomic E-state index is -0.496. The topological polar surface area (TPSA) is 38.7 Å². The van der Waals surface area contributed by atoms with Gasteiger partial charge in [0.1, 0.15) is 0 Å². The first kappa shape index (κ1) is 12.2. The molecule has 0 spiro atoms. The number of ether oxygens (including phenoxy) is 1. The third kappa shape index (κ3) is 4.09. The van der Waals surface area contributed by atoms with Gasteiger partial charge in [0, 0.05) is 11.8 Å². The summed E-state index contributed by atoms with van der Waals surface area (Å²) < 4.78 is 5.00. The molecule has 0 fully saturated rings. The fourth-order valence-electron chi connectivity index (χ4n) is 1.02. The summed E-state index contributed by atoms with van der Waals surface area (Å²) >= 11 is 0. The first-order valence-corrected chi connectivity index (χ1v) is 5.04. The van der Waals surface area contributed by atoms with Gasteiger partial charge in [-0.2, -0.15) is 0 Å². The Morgan fingerprint density at radius 2 is 2.06 bits per heavy atom. The molecule has 0 bridgehead atoms. The van der Waals surface area contributed by atoms with Crippen molar-refractivity contribution in [2.75, 3.05) is 0 Å². The van der Waals surface area contributed by atoms with Crippen LogP contribution >= 0.6 is 0 Å². The summed E-state index contributed by atoms with van der Waals surface area (Å²) in [5, 5.41) is 0. The largest absolute Gasteiger partial charge is 0.437 e. The molecule has 3 nitrogen and oxygen atoms in total. The minimum absolute atomic E-state index is 0.377. The zero-order chi connectivity index (χ0) is 12.0. The highest BCUT2D eigenvalue weighted by Crippen LogP contribution is 2.00. The molecule has 16 heavy (non-hydrogen) atoms. The normalized spacial score (nSPS) is 12.4. The molecular formula is C13H15NO2. The van der Waals surface area contributed by atoms with E-state index in [4.69, 9.17) is 4.74 Å². The molecule has 0 aliphatic carbocycles. The summed E-state index contributed by atoms with van der Waals surface area (Å²) in [5.74, 6) is -0.419. The van der Waals surface area contributed by atoms with Gasteiger partial charge in [0.05, 0.1) is 0 Å². The first-order chi connectivity index (χ1) is 7.59. The van der Waals surface area contributed by atoms with Gasteiger partial charge in [-0.15, -0.1) is 0 Å². The number of hydrogen-bond acceptors (Lipinski definition) is 3. The van der Waals surface area contributed by atoms with Crippen molar-refractivity contribution in [3.8, 4) is 0 Å². The average Bonchev–Trinajstić information content (AvgIpc) is 2.27. The third-order valence-electron chi connectivity index (χ3n) is 1.86. The summed E-state index contributed by atoms with van der Waals surface area (Å²) in [6.45, 7) is 6.82. The molecule has 84 valence electrons. The van der Waals surface area contributed by atoms with E-state index < -0.39 is 12.2 Å². The van der Waals surface area contributed by atoms with Crippen molar-refractivity contribution in [2.45, 2.75) is 20.1 Å². The van der Waals surface area contributed by atoms with Gasteiger partial charge in [0.25, 0.3) is 0 Å². The quantitative estimate of drug-likeness (QED) is 0.441. The number of nitrogens with zero attached hydrogens (tertiary/aromatic N) is 1. The van der Waals surface area contributed by atoms with Crippen LogP contribution in [0.5, 0.6) is 0 Å². The van der Waals surface area contributed by atoms with Crippen LogP contribution < -0.4 is 0 Å². The molecule has 0 amide bonds. The molecule has 1 unspecified atom stereocenters. The fraction of sp³-hybridized carbons (Fsp3) is 0.231. The molecule has 1 atom stereocenters. The summed E-state index contributed by atoms with van der Waals surface area (Å²) in [6, 6.07) is 9.63. The van der Waals surface area contributed by atoms with Crippen LogP contribution in [0.4, 0.5) is 0 Å². The standard InChI is InChI=1S/C13H15NO2/c1-10(2)13(15)16-11(3)14-9-12-7-5-4-6-8-12/h4-9,11H,1H2,2-3H3/b14-9+. The lowest BCUT2D eigenvalue weighted by Crippen LogP contribution is -2.13. The fourth-order valence-corrected chi connectivity index (χ4v) is 1.02. The third-order valence-corrected chi connectivity index (χ3v) is 1.86. The Kier molecular flexibility index (Phi) is 4.45. The highest BCUT2D eigenvalue weighted by Gasteiger charge is 2.07. The van der Waals surface area contributed by atoms with E-state index in [9.17, 15) is 4.79 Å². The van der Waals surface area contributed by atoms with Crippen molar-refractivity contribution in [1.82, 2.24) is 0 Å². The number of rotatable bonds is 4. The number of carbonyl (C=O) groups is 1. The highest BCUT2D eigenvalue weighted by molar-refractivity contribution is 5.87. The van der Waals surface area contributed by atoms with Crippen LogP contribution in [0.2, 0.25) is 0 Å². The number of hydrogen-bond donors (Lipinski definition) is 0. The van der Waals surface area contributed by atoms with Crippen molar-refractivity contribution in [3.63, 3.8) is 0 Å². The Morgan fingerprint density at radius 3 is 2.62 bits per heavy atom. The number of benzene rings is 1. The van der Waals surface area contributed by atoms with E-state index in [0.717, 1.165) is 5.56 Å². The Labute approximate surface area is 95.5 Å². The molecule has 3 heteroatoms. The smallest absolute Gasteiger partial charge is 0.335 e. The van der Waals surface area contributed by atoms with E-state index in [1.165, 1.54) is 0 Å². The maximum atomic E-state index is 11.2. The van der Waals surface area contributed by atoms with Crippen LogP contribution in [0, 0.1) is 0 Å². The second-order valence-electron chi connectivity index (χ2n) is 3.47. The number of carbonyl (C=O) groups excluding carboxylic acids is 1. The Hall–Kier alpha value is -1.90. The van der Waals surface area contributed by atoms with E-state index in [1.54, 1.807) is 20.1 Å². The zero-order valence-corrected chi connectivity index (χ0v) is 9.51. The van der Waals surface area contributed by atoms with E-state index in [1.807, 2.05) is 30.3 Å². The Morgan fingerprint density at radius 1 is 1.44 bits per heavy atom. The molecule has 0 aromatic heterocycles. The summed E-state index contributed by atoms with van der Waals surface area (Å²) in [6.07, 6.45) is 1.18. The lowest BCUT2D eigenvalue weighted by atomic mass is 10.2. The van der Waals surface area contributed by atoms with Crippen LogP contribution in [-0.4, -0.2) is 18.4 Å². The van der Waals surface area contributed by atoms with Crippen LogP contribution in [-0.2, 0) is 9.53 Å². The van der Waals surface area contributed by atoms with Gasteiger partial charge in [-0.05, 0) is 19.4 Å². The van der Waals surface area contributed by atoms with Gasteiger partial charge in [-0.1, -0.05) is 36.9 Å². The highest BCUT2D eigenvalue weighted by atomic mass is 16.6. The van der Waals surface area contributed by atoms with E-state index >= 15 is 0 Å². The number of aliphatic imine (C=N–C) groups is 1. The minimum Gasteiger partial charge on any atom is -0.437 e. The molecule has 0 N–H and O–H groups in total. The van der Waals surface area contributed by atoms with Gasteiger partial charge in [-0.3, -0.25) is 4.99 Å². The first-order valence-electron chi connectivity index (χ1n) is 5.04. The van der Waals surface area contributed by atoms with Gasteiger partial charge in [0.15, 0.2) is 6.23 Å². The maximum Gasteiger partial charge on any atom is 0.335 e. The summed E-state index contributed by atoms with van der Waals surface area (Å²) in [4.78, 5) is 15.3. The van der Waals surface area contributed by atoms with Crippen molar-refractivity contribution in [2.24, 2.45) is 4.99 Å². The molecule has 0 radical (unpaired) electrons. The second-order valence-corrected chi connectivity index (χ2v) is 3.47. The average molecular weight is 217 g/mol. The van der Waals surface area contributed by atoms with E-state index in [0.29, 0.717) is 5.57 Å².